The van der Waals surface area contributed by atoms with E-state index in [2.05, 4.69) is 0 Å². The fourth-order valence-electron chi connectivity index (χ4n) is 1.04. The van der Waals surface area contributed by atoms with Crippen LogP contribution in [0.5, 0.6) is 0 Å². The number of halogens is 3. The minimum atomic E-state index is -4.33. The van der Waals surface area contributed by atoms with Gasteiger partial charge in [-0.3, -0.25) is 4.79 Å². The number of carbonyl (C=O) groups excluding carboxylic acids is 1. The van der Waals surface area contributed by atoms with E-state index in [0.717, 1.165) is 12.2 Å². The van der Waals surface area contributed by atoms with Gasteiger partial charge in [0.25, 0.3) is 0 Å². The van der Waals surface area contributed by atoms with Crippen molar-refractivity contribution in [3.8, 4) is 0 Å². The lowest BCUT2D eigenvalue weighted by molar-refractivity contribution is -0.120. The molecule has 0 aliphatic heterocycles. The zero-order valence-electron chi connectivity index (χ0n) is 6.64. The summed E-state index contributed by atoms with van der Waals surface area (Å²) in [6, 6.07) is 0. The van der Waals surface area contributed by atoms with Gasteiger partial charge in [0.15, 0.2) is 0 Å². The Kier molecular flexibility index (Phi) is 2.45. The monoisotopic (exact) mass is 191 g/mol. The summed E-state index contributed by atoms with van der Waals surface area (Å²) >= 11 is 0. The molecule has 0 radical (unpaired) electrons. The lowest BCUT2D eigenvalue weighted by Crippen LogP contribution is -2.23. The van der Waals surface area contributed by atoms with Gasteiger partial charge in [0.2, 0.25) is 5.91 Å². The normalized spacial score (nSPS) is 22.7. The quantitative estimate of drug-likeness (QED) is 0.671. The number of amides is 1. The zero-order chi connectivity index (χ0) is 10.1. The summed E-state index contributed by atoms with van der Waals surface area (Å²) < 4.78 is 36.1. The molecule has 1 rings (SSSR count). The molecule has 1 unspecified atom stereocenters. The van der Waals surface area contributed by atoms with Crippen LogP contribution in [0.3, 0.4) is 0 Å². The third kappa shape index (κ3) is 2.34. The van der Waals surface area contributed by atoms with E-state index in [1.54, 1.807) is 0 Å². The second-order valence-electron chi connectivity index (χ2n) is 2.76. The number of rotatable bonds is 1. The van der Waals surface area contributed by atoms with E-state index in [-0.39, 0.29) is 6.42 Å². The highest BCUT2D eigenvalue weighted by molar-refractivity contribution is 5.79. The molecule has 0 saturated heterocycles. The minimum absolute atomic E-state index is 0.0284. The van der Waals surface area contributed by atoms with Crippen molar-refractivity contribution in [2.75, 3.05) is 0 Å². The van der Waals surface area contributed by atoms with Crippen LogP contribution in [0.25, 0.3) is 0 Å². The van der Waals surface area contributed by atoms with Crippen molar-refractivity contribution < 1.29 is 18.0 Å². The van der Waals surface area contributed by atoms with Crippen molar-refractivity contribution in [2.45, 2.75) is 12.6 Å². The van der Waals surface area contributed by atoms with E-state index in [1.807, 2.05) is 0 Å². The standard InChI is InChI=1S/C8H8F3NO/c9-8(10,11)6-3-1-5(2-4-6)7(12)13/h1,3-5H,2H2,(H2,12,13). The Hall–Kier alpha value is -1.26. The molecule has 1 aliphatic carbocycles. The van der Waals surface area contributed by atoms with Gasteiger partial charge in [-0.15, -0.1) is 0 Å². The van der Waals surface area contributed by atoms with E-state index in [0.29, 0.717) is 0 Å². The van der Waals surface area contributed by atoms with Crippen LogP contribution in [-0.2, 0) is 4.79 Å². The Morgan fingerprint density at radius 3 is 2.46 bits per heavy atom. The molecular weight excluding hydrogens is 183 g/mol. The number of primary amides is 1. The molecular formula is C8H8F3NO. The predicted molar refractivity (Wildman–Crippen MR) is 40.6 cm³/mol. The Balaban J connectivity index is 2.71. The molecule has 0 bridgehead atoms. The van der Waals surface area contributed by atoms with Gasteiger partial charge in [-0.2, -0.15) is 13.2 Å². The fourth-order valence-corrected chi connectivity index (χ4v) is 1.04. The molecule has 1 amide bonds. The highest BCUT2D eigenvalue weighted by Gasteiger charge is 2.33. The van der Waals surface area contributed by atoms with Crippen LogP contribution in [0.15, 0.2) is 23.8 Å². The maximum atomic E-state index is 12.0. The van der Waals surface area contributed by atoms with Crippen LogP contribution in [0, 0.1) is 5.92 Å². The molecule has 0 saturated carbocycles. The highest BCUT2D eigenvalue weighted by Crippen LogP contribution is 2.30. The third-order valence-corrected chi connectivity index (χ3v) is 1.79. The molecule has 72 valence electrons. The maximum Gasteiger partial charge on any atom is 0.416 e. The van der Waals surface area contributed by atoms with E-state index < -0.39 is 23.6 Å². The largest absolute Gasteiger partial charge is 0.416 e. The van der Waals surface area contributed by atoms with Crippen molar-refractivity contribution in [3.05, 3.63) is 23.8 Å². The third-order valence-electron chi connectivity index (χ3n) is 1.79. The van der Waals surface area contributed by atoms with E-state index >= 15 is 0 Å². The molecule has 2 nitrogen and oxygen atoms in total. The summed E-state index contributed by atoms with van der Waals surface area (Å²) in [6.45, 7) is 0. The summed E-state index contributed by atoms with van der Waals surface area (Å²) in [4.78, 5) is 10.6. The highest BCUT2D eigenvalue weighted by atomic mass is 19.4. The van der Waals surface area contributed by atoms with Gasteiger partial charge in [-0.1, -0.05) is 18.2 Å². The van der Waals surface area contributed by atoms with Gasteiger partial charge in [0, 0.05) is 0 Å². The first-order chi connectivity index (χ1) is 5.91. The van der Waals surface area contributed by atoms with Crippen LogP contribution in [0.4, 0.5) is 13.2 Å². The van der Waals surface area contributed by atoms with Gasteiger partial charge in [-0.05, 0) is 6.42 Å². The SMILES string of the molecule is NC(=O)C1C=CC(C(F)(F)F)=CC1. The Morgan fingerprint density at radius 1 is 1.54 bits per heavy atom. The molecule has 1 aliphatic rings. The summed E-state index contributed by atoms with van der Waals surface area (Å²) in [5.74, 6) is -1.21. The molecule has 5 heteroatoms. The van der Waals surface area contributed by atoms with Crippen molar-refractivity contribution in [2.24, 2.45) is 11.7 Å². The van der Waals surface area contributed by atoms with Gasteiger partial charge in [0.1, 0.15) is 0 Å². The summed E-state index contributed by atoms with van der Waals surface area (Å²) in [7, 11) is 0. The van der Waals surface area contributed by atoms with Gasteiger partial charge in [0.05, 0.1) is 11.5 Å². The fraction of sp³-hybridized carbons (Fsp3) is 0.375. The van der Waals surface area contributed by atoms with Crippen LogP contribution in [-0.4, -0.2) is 12.1 Å². The second-order valence-corrected chi connectivity index (χ2v) is 2.76. The van der Waals surface area contributed by atoms with Gasteiger partial charge in [-0.25, -0.2) is 0 Å². The maximum absolute atomic E-state index is 12.0. The number of nitrogens with two attached hydrogens (primary N) is 1. The topological polar surface area (TPSA) is 43.1 Å². The molecule has 2 N–H and O–H groups in total. The summed E-state index contributed by atoms with van der Waals surface area (Å²) in [5.41, 5.74) is 4.20. The zero-order valence-corrected chi connectivity index (χ0v) is 6.64. The van der Waals surface area contributed by atoms with Crippen LogP contribution in [0.1, 0.15) is 6.42 Å². The van der Waals surface area contributed by atoms with Crippen molar-refractivity contribution >= 4 is 5.91 Å². The average molecular weight is 191 g/mol. The Morgan fingerprint density at radius 2 is 2.15 bits per heavy atom. The predicted octanol–water partition coefficient (Wildman–Crippen LogP) is 1.54. The molecule has 0 heterocycles. The van der Waals surface area contributed by atoms with Crippen molar-refractivity contribution in [3.63, 3.8) is 0 Å². The van der Waals surface area contributed by atoms with Crippen LogP contribution >= 0.6 is 0 Å². The molecule has 1 atom stereocenters. The van der Waals surface area contributed by atoms with Crippen molar-refractivity contribution in [1.29, 1.82) is 0 Å². The molecule has 0 aromatic rings. The van der Waals surface area contributed by atoms with Gasteiger partial charge < -0.3 is 5.73 Å². The van der Waals surface area contributed by atoms with E-state index in [1.165, 1.54) is 6.08 Å². The summed E-state index contributed by atoms with van der Waals surface area (Å²) in [6.07, 6.45) is -1.25. The van der Waals surface area contributed by atoms with E-state index in [4.69, 9.17) is 5.73 Å². The molecule has 0 aromatic heterocycles. The van der Waals surface area contributed by atoms with Crippen LogP contribution < -0.4 is 5.73 Å². The second kappa shape index (κ2) is 3.24. The average Bonchev–Trinajstić information content (AvgIpc) is 2.03. The molecule has 0 aromatic carbocycles. The van der Waals surface area contributed by atoms with Gasteiger partial charge >= 0.3 is 6.18 Å². The lowest BCUT2D eigenvalue weighted by Gasteiger charge is -2.14. The number of carbonyl (C=O) groups is 1. The smallest absolute Gasteiger partial charge is 0.369 e. The first-order valence-corrected chi connectivity index (χ1v) is 3.66. The van der Waals surface area contributed by atoms with Crippen LogP contribution in [0.2, 0.25) is 0 Å². The Bertz CT molecular complexity index is 278. The van der Waals surface area contributed by atoms with E-state index in [9.17, 15) is 18.0 Å². The molecule has 13 heavy (non-hydrogen) atoms. The summed E-state index contributed by atoms with van der Waals surface area (Å²) in [5, 5.41) is 0. The Labute approximate surface area is 72.9 Å². The number of hydrogen-bond acceptors (Lipinski definition) is 1. The number of hydrogen-bond donors (Lipinski definition) is 1. The molecule has 0 spiro atoms. The minimum Gasteiger partial charge on any atom is -0.369 e. The lowest BCUT2D eigenvalue weighted by atomic mass is 9.96. The first kappa shape index (κ1) is 9.83. The molecule has 0 fully saturated rings. The first-order valence-electron chi connectivity index (χ1n) is 3.66. The van der Waals surface area contributed by atoms with Crippen molar-refractivity contribution in [1.82, 2.24) is 0 Å². The number of alkyl halides is 3. The number of allylic oxidation sites excluding steroid dienone is 3.